The summed E-state index contributed by atoms with van der Waals surface area (Å²) in [6.45, 7) is 11.5. The number of piperazine rings is 1. The van der Waals surface area contributed by atoms with Crippen molar-refractivity contribution in [3.8, 4) is 28.1 Å². The second kappa shape index (κ2) is 7.55. The topological polar surface area (TPSA) is 78.9 Å². The molecule has 0 radical (unpaired) electrons. The van der Waals surface area contributed by atoms with Crippen molar-refractivity contribution in [2.24, 2.45) is 0 Å². The van der Waals surface area contributed by atoms with Gasteiger partial charge in [-0.1, -0.05) is 18.2 Å². The molecule has 2 aromatic carbocycles. The van der Waals surface area contributed by atoms with Crippen LogP contribution in [0.25, 0.3) is 43.8 Å². The fourth-order valence-corrected chi connectivity index (χ4v) is 5.31. The van der Waals surface area contributed by atoms with Crippen molar-refractivity contribution in [1.82, 2.24) is 29.7 Å². The summed E-state index contributed by atoms with van der Waals surface area (Å²) in [6.07, 6.45) is 3.37. The quantitative estimate of drug-likeness (QED) is 0.400. The number of nitrogens with one attached hydrogen (secondary N) is 1. The average Bonchev–Trinajstić information content (AvgIpc) is 3.54. The van der Waals surface area contributed by atoms with Gasteiger partial charge >= 0.3 is 0 Å². The second-order valence-electron chi connectivity index (χ2n) is 9.15. The van der Waals surface area contributed by atoms with E-state index in [0.29, 0.717) is 24.0 Å². The highest BCUT2D eigenvalue weighted by Crippen LogP contribution is 2.41. The lowest BCUT2D eigenvalue weighted by Crippen LogP contribution is -2.56. The Hall–Kier alpha value is -4.42. The molecular formula is C26H22N8O. The monoisotopic (exact) mass is 462 g/mol. The number of likely N-dealkylation sites (N-methyl/N-ethyl adjacent to an activating group) is 1. The molecule has 9 nitrogen and oxygen atoms in total. The molecule has 1 saturated heterocycles. The van der Waals surface area contributed by atoms with E-state index in [2.05, 4.69) is 60.2 Å². The Morgan fingerprint density at radius 3 is 3.00 bits per heavy atom. The van der Waals surface area contributed by atoms with E-state index in [1.54, 1.807) is 4.52 Å². The van der Waals surface area contributed by atoms with E-state index in [1.807, 2.05) is 30.5 Å². The van der Waals surface area contributed by atoms with Crippen LogP contribution in [0.15, 0.2) is 55.0 Å². The summed E-state index contributed by atoms with van der Waals surface area (Å²) in [4.78, 5) is 13.0. The number of hydrogen-bond acceptors (Lipinski definition) is 6. The minimum absolute atomic E-state index is 0.382. The molecule has 5 heterocycles. The van der Waals surface area contributed by atoms with Crippen molar-refractivity contribution in [1.29, 1.82) is 0 Å². The molecule has 0 spiro atoms. The zero-order valence-electron chi connectivity index (χ0n) is 19.1. The predicted octanol–water partition coefficient (Wildman–Crippen LogP) is 4.00. The van der Waals surface area contributed by atoms with Crippen LogP contribution in [0.4, 0.5) is 11.4 Å². The molecule has 3 aromatic heterocycles. The van der Waals surface area contributed by atoms with Gasteiger partial charge in [0.25, 0.3) is 0 Å². The third-order valence-electron chi connectivity index (χ3n) is 7.05. The van der Waals surface area contributed by atoms with Crippen LogP contribution in [-0.4, -0.2) is 69.0 Å². The van der Waals surface area contributed by atoms with Crippen molar-refractivity contribution in [3.63, 3.8) is 0 Å². The van der Waals surface area contributed by atoms with E-state index in [0.717, 1.165) is 64.4 Å². The number of hydrogen-bond donors (Lipinski definition) is 1. The number of benzene rings is 2. The van der Waals surface area contributed by atoms with Gasteiger partial charge in [-0.2, -0.15) is 10.2 Å². The molecular weight excluding hydrogens is 440 g/mol. The first kappa shape index (κ1) is 20.0. The number of pyridine rings is 1. The fraction of sp³-hybridized carbons (Fsp3) is 0.231. The van der Waals surface area contributed by atoms with Crippen molar-refractivity contribution in [3.05, 3.63) is 66.4 Å². The SMILES string of the molecule is [C-]#[N+]c1cc2[nH]nc(-c3ccc4c(c3)OCC3CN(C)CCN43)c2cc1-c1cccn2ncnc12. The van der Waals surface area contributed by atoms with Crippen molar-refractivity contribution < 1.29 is 4.74 Å². The molecule has 5 aromatic rings. The third-order valence-corrected chi connectivity index (χ3v) is 7.05. The Morgan fingerprint density at radius 2 is 2.09 bits per heavy atom. The number of rotatable bonds is 2. The molecule has 2 aliphatic rings. The van der Waals surface area contributed by atoms with Gasteiger partial charge in [0.2, 0.25) is 0 Å². The van der Waals surface area contributed by atoms with Crippen LogP contribution in [0.2, 0.25) is 0 Å². The van der Waals surface area contributed by atoms with E-state index in [-0.39, 0.29) is 0 Å². The summed E-state index contributed by atoms with van der Waals surface area (Å²) in [6, 6.07) is 14.5. The molecule has 1 unspecified atom stereocenters. The Balaban J connectivity index is 1.35. The lowest BCUT2D eigenvalue weighted by molar-refractivity contribution is 0.188. The van der Waals surface area contributed by atoms with Crippen molar-refractivity contribution >= 4 is 27.9 Å². The zero-order chi connectivity index (χ0) is 23.5. The Bertz CT molecular complexity index is 1640. The minimum Gasteiger partial charge on any atom is -0.489 e. The van der Waals surface area contributed by atoms with Crippen LogP contribution in [-0.2, 0) is 0 Å². The number of ether oxygens (including phenoxy) is 1. The van der Waals surface area contributed by atoms with Crippen LogP contribution in [0.5, 0.6) is 5.75 Å². The molecule has 7 rings (SSSR count). The van der Waals surface area contributed by atoms with Gasteiger partial charge in [-0.15, -0.1) is 0 Å². The molecule has 0 aliphatic carbocycles. The summed E-state index contributed by atoms with van der Waals surface area (Å²) < 4.78 is 7.92. The summed E-state index contributed by atoms with van der Waals surface area (Å²) in [5.74, 6) is 0.894. The Labute approximate surface area is 201 Å². The van der Waals surface area contributed by atoms with Gasteiger partial charge in [0.05, 0.1) is 29.5 Å². The molecule has 1 atom stereocenters. The molecule has 172 valence electrons. The first-order valence-corrected chi connectivity index (χ1v) is 11.6. The number of aromatic nitrogens is 5. The molecule has 2 aliphatic heterocycles. The molecule has 1 fully saturated rings. The van der Waals surface area contributed by atoms with Crippen LogP contribution in [0, 0.1) is 6.57 Å². The van der Waals surface area contributed by atoms with Gasteiger partial charge in [-0.3, -0.25) is 5.10 Å². The molecule has 9 heteroatoms. The normalized spacial score (nSPS) is 17.7. The van der Waals surface area contributed by atoms with E-state index in [9.17, 15) is 0 Å². The zero-order valence-corrected chi connectivity index (χ0v) is 19.1. The maximum atomic E-state index is 7.77. The molecule has 1 N–H and O–H groups in total. The molecule has 0 saturated carbocycles. The van der Waals surface area contributed by atoms with Gasteiger partial charge in [0, 0.05) is 42.3 Å². The van der Waals surface area contributed by atoms with Crippen molar-refractivity contribution in [2.45, 2.75) is 6.04 Å². The first-order chi connectivity index (χ1) is 17.2. The second-order valence-corrected chi connectivity index (χ2v) is 9.15. The van der Waals surface area contributed by atoms with Crippen molar-refractivity contribution in [2.75, 3.05) is 38.2 Å². The number of aromatic amines is 1. The highest BCUT2D eigenvalue weighted by Gasteiger charge is 2.32. The van der Waals surface area contributed by atoms with E-state index in [1.165, 1.54) is 6.33 Å². The Morgan fingerprint density at radius 1 is 1.14 bits per heavy atom. The number of anilines is 1. The van der Waals surface area contributed by atoms with E-state index in [4.69, 9.17) is 11.3 Å². The smallest absolute Gasteiger partial charge is 0.197 e. The van der Waals surface area contributed by atoms with Gasteiger partial charge < -0.3 is 14.5 Å². The largest absolute Gasteiger partial charge is 0.489 e. The lowest BCUT2D eigenvalue weighted by Gasteiger charge is -2.44. The van der Waals surface area contributed by atoms with E-state index < -0.39 is 0 Å². The standard InChI is InChI=1S/C26H22N8O/c1-27-21-12-22-20(11-19(21)18-4-3-7-34-26(18)28-15-29-34)25(31-30-22)16-5-6-23-24(10-16)35-14-17-13-32(2)8-9-33(17)23/h3-7,10-12,15,17H,8-9,13-14H2,2H3,(H,30,31). The molecule has 0 bridgehead atoms. The third kappa shape index (κ3) is 3.07. The van der Waals surface area contributed by atoms with Crippen LogP contribution >= 0.6 is 0 Å². The highest BCUT2D eigenvalue weighted by molar-refractivity contribution is 6.01. The van der Waals surface area contributed by atoms with Gasteiger partial charge in [-0.25, -0.2) is 14.3 Å². The Kier molecular flexibility index (Phi) is 4.31. The average molecular weight is 463 g/mol. The van der Waals surface area contributed by atoms with Crippen LogP contribution in [0.1, 0.15) is 0 Å². The summed E-state index contributed by atoms with van der Waals surface area (Å²) >= 11 is 0. The number of fused-ring (bicyclic) bond motifs is 5. The maximum Gasteiger partial charge on any atom is 0.197 e. The maximum absolute atomic E-state index is 7.77. The molecule has 0 amide bonds. The van der Waals surface area contributed by atoms with E-state index >= 15 is 0 Å². The van der Waals surface area contributed by atoms with Gasteiger partial charge in [0.15, 0.2) is 11.3 Å². The summed E-state index contributed by atoms with van der Waals surface area (Å²) in [5.41, 5.74) is 6.70. The van der Waals surface area contributed by atoms with Gasteiger partial charge in [-0.05, 0) is 36.9 Å². The fourth-order valence-electron chi connectivity index (χ4n) is 5.31. The minimum atomic E-state index is 0.382. The number of nitrogens with zero attached hydrogens (tertiary/aromatic N) is 7. The summed E-state index contributed by atoms with van der Waals surface area (Å²) in [7, 11) is 2.16. The lowest BCUT2D eigenvalue weighted by atomic mass is 9.99. The molecule has 35 heavy (non-hydrogen) atoms. The predicted molar refractivity (Wildman–Crippen MR) is 134 cm³/mol. The summed E-state index contributed by atoms with van der Waals surface area (Å²) in [5, 5.41) is 12.9. The first-order valence-electron chi connectivity index (χ1n) is 11.6. The highest BCUT2D eigenvalue weighted by atomic mass is 16.5. The number of H-pyrrole nitrogens is 1. The van der Waals surface area contributed by atoms with Crippen LogP contribution in [0.3, 0.4) is 0 Å². The van der Waals surface area contributed by atoms with Gasteiger partial charge in [0.1, 0.15) is 18.7 Å². The van der Waals surface area contributed by atoms with Crippen LogP contribution < -0.4 is 9.64 Å².